The van der Waals surface area contributed by atoms with Gasteiger partial charge < -0.3 is 10.5 Å². The quantitative estimate of drug-likeness (QED) is 0.910. The van der Waals surface area contributed by atoms with Gasteiger partial charge in [-0.3, -0.25) is 4.90 Å². The molecule has 3 nitrogen and oxygen atoms in total. The molecule has 3 heteroatoms. The Morgan fingerprint density at radius 1 is 1.30 bits per heavy atom. The maximum Gasteiger partial charge on any atom is 0.0502 e. The van der Waals surface area contributed by atoms with Gasteiger partial charge in [-0.05, 0) is 49.3 Å². The third kappa shape index (κ3) is 2.50. The highest BCUT2D eigenvalue weighted by Crippen LogP contribution is 2.36. The lowest BCUT2D eigenvalue weighted by Gasteiger charge is -2.45. The summed E-state index contributed by atoms with van der Waals surface area (Å²) in [4.78, 5) is 2.65. The minimum Gasteiger partial charge on any atom is -0.384 e. The molecular weight excluding hydrogens is 248 g/mol. The summed E-state index contributed by atoms with van der Waals surface area (Å²) < 4.78 is 5.36. The van der Waals surface area contributed by atoms with Gasteiger partial charge in [0.2, 0.25) is 0 Å². The summed E-state index contributed by atoms with van der Waals surface area (Å²) in [7, 11) is 1.81. The molecule has 0 spiro atoms. The fourth-order valence-electron chi connectivity index (χ4n) is 4.04. The molecule has 1 atom stereocenters. The third-order valence-corrected chi connectivity index (χ3v) is 5.13. The fraction of sp³-hybridized carbons (Fsp3) is 0.647. The lowest BCUT2D eigenvalue weighted by Crippen LogP contribution is -2.58. The normalized spacial score (nSPS) is 25.6. The van der Waals surface area contributed by atoms with Gasteiger partial charge >= 0.3 is 0 Å². The molecule has 0 saturated carbocycles. The molecule has 0 radical (unpaired) electrons. The van der Waals surface area contributed by atoms with Crippen molar-refractivity contribution < 1.29 is 4.74 Å². The van der Waals surface area contributed by atoms with Gasteiger partial charge in [-0.2, -0.15) is 0 Å². The number of hydrogen-bond acceptors (Lipinski definition) is 3. The number of rotatable bonds is 4. The summed E-state index contributed by atoms with van der Waals surface area (Å²) in [5.74, 6) is 0.667. The van der Waals surface area contributed by atoms with Crippen LogP contribution in [-0.2, 0) is 17.6 Å². The highest BCUT2D eigenvalue weighted by atomic mass is 16.5. The second-order valence-corrected chi connectivity index (χ2v) is 6.46. The minimum atomic E-state index is 0.149. The van der Waals surface area contributed by atoms with E-state index in [0.29, 0.717) is 5.92 Å². The van der Waals surface area contributed by atoms with Crippen molar-refractivity contribution in [2.75, 3.05) is 33.4 Å². The van der Waals surface area contributed by atoms with Crippen LogP contribution >= 0.6 is 0 Å². The SMILES string of the molecule is COCC1CCCN(C2(CN)Cc3ccccc3C2)C1. The van der Waals surface area contributed by atoms with Crippen LogP contribution in [0.5, 0.6) is 0 Å². The largest absolute Gasteiger partial charge is 0.384 e. The number of ether oxygens (including phenoxy) is 1. The topological polar surface area (TPSA) is 38.5 Å². The minimum absolute atomic E-state index is 0.149. The van der Waals surface area contributed by atoms with E-state index in [0.717, 1.165) is 32.5 Å². The van der Waals surface area contributed by atoms with Crippen LogP contribution in [-0.4, -0.2) is 43.8 Å². The molecule has 0 bridgehead atoms. The number of nitrogens with zero attached hydrogens (tertiary/aromatic N) is 1. The molecule has 3 rings (SSSR count). The van der Waals surface area contributed by atoms with Gasteiger partial charge in [0.25, 0.3) is 0 Å². The van der Waals surface area contributed by atoms with E-state index in [1.54, 1.807) is 0 Å². The lowest BCUT2D eigenvalue weighted by molar-refractivity contribution is 0.0267. The molecule has 1 unspecified atom stereocenters. The first-order valence-electron chi connectivity index (χ1n) is 7.78. The first-order valence-corrected chi connectivity index (χ1v) is 7.78. The molecule has 1 saturated heterocycles. The Kier molecular flexibility index (Phi) is 4.11. The second-order valence-electron chi connectivity index (χ2n) is 6.46. The number of fused-ring (bicyclic) bond motifs is 1. The van der Waals surface area contributed by atoms with Crippen molar-refractivity contribution in [3.63, 3.8) is 0 Å². The molecule has 1 fully saturated rings. The van der Waals surface area contributed by atoms with E-state index in [1.165, 1.54) is 30.5 Å². The maximum atomic E-state index is 6.23. The summed E-state index contributed by atoms with van der Waals surface area (Å²) in [5.41, 5.74) is 9.36. The number of piperidine rings is 1. The second kappa shape index (κ2) is 5.84. The Balaban J connectivity index is 1.77. The van der Waals surface area contributed by atoms with Crippen molar-refractivity contribution in [1.82, 2.24) is 4.90 Å². The molecular formula is C17H26N2O. The number of nitrogens with two attached hydrogens (primary N) is 1. The number of benzene rings is 1. The van der Waals surface area contributed by atoms with Gasteiger partial charge in [0.15, 0.2) is 0 Å². The molecule has 0 aromatic heterocycles. The third-order valence-electron chi connectivity index (χ3n) is 5.13. The molecule has 2 N–H and O–H groups in total. The zero-order valence-corrected chi connectivity index (χ0v) is 12.5. The number of hydrogen-bond donors (Lipinski definition) is 1. The summed E-state index contributed by atoms with van der Waals surface area (Å²) >= 11 is 0. The Labute approximate surface area is 122 Å². The fourth-order valence-corrected chi connectivity index (χ4v) is 4.04. The van der Waals surface area contributed by atoms with Gasteiger partial charge in [-0.15, -0.1) is 0 Å². The van der Waals surface area contributed by atoms with Crippen LogP contribution in [0.4, 0.5) is 0 Å². The number of likely N-dealkylation sites (tertiary alicyclic amines) is 1. The van der Waals surface area contributed by atoms with Gasteiger partial charge in [0.05, 0.1) is 6.61 Å². The molecule has 20 heavy (non-hydrogen) atoms. The molecule has 1 aromatic rings. The Hall–Kier alpha value is -0.900. The smallest absolute Gasteiger partial charge is 0.0502 e. The van der Waals surface area contributed by atoms with Crippen LogP contribution < -0.4 is 5.73 Å². The van der Waals surface area contributed by atoms with Crippen molar-refractivity contribution in [3.05, 3.63) is 35.4 Å². The summed E-state index contributed by atoms with van der Waals surface area (Å²) in [6.45, 7) is 3.95. The zero-order valence-electron chi connectivity index (χ0n) is 12.5. The van der Waals surface area contributed by atoms with Crippen molar-refractivity contribution in [3.8, 4) is 0 Å². The maximum absolute atomic E-state index is 6.23. The van der Waals surface area contributed by atoms with E-state index in [-0.39, 0.29) is 5.54 Å². The molecule has 1 aliphatic carbocycles. The Bertz CT molecular complexity index is 433. The van der Waals surface area contributed by atoms with Crippen molar-refractivity contribution in [2.45, 2.75) is 31.2 Å². The summed E-state index contributed by atoms with van der Waals surface area (Å²) in [6.07, 6.45) is 4.78. The lowest BCUT2D eigenvalue weighted by atomic mass is 9.88. The van der Waals surface area contributed by atoms with Crippen LogP contribution in [0.3, 0.4) is 0 Å². The van der Waals surface area contributed by atoms with Crippen LogP contribution in [0.2, 0.25) is 0 Å². The van der Waals surface area contributed by atoms with Crippen LogP contribution in [0.15, 0.2) is 24.3 Å². The summed E-state index contributed by atoms with van der Waals surface area (Å²) in [5, 5.41) is 0. The average molecular weight is 274 g/mol. The predicted molar refractivity (Wildman–Crippen MR) is 81.8 cm³/mol. The zero-order chi connectivity index (χ0) is 14.0. The molecule has 110 valence electrons. The van der Waals surface area contributed by atoms with Gasteiger partial charge in [-0.1, -0.05) is 24.3 Å². The van der Waals surface area contributed by atoms with Crippen molar-refractivity contribution in [2.24, 2.45) is 11.7 Å². The Morgan fingerprint density at radius 2 is 2.00 bits per heavy atom. The molecule has 1 heterocycles. The van der Waals surface area contributed by atoms with Gasteiger partial charge in [0, 0.05) is 25.7 Å². The van der Waals surface area contributed by atoms with Crippen LogP contribution in [0.1, 0.15) is 24.0 Å². The van der Waals surface area contributed by atoms with Crippen molar-refractivity contribution >= 4 is 0 Å². The molecule has 0 amide bonds. The van der Waals surface area contributed by atoms with E-state index in [2.05, 4.69) is 29.2 Å². The predicted octanol–water partition coefficient (Wildman–Crippen LogP) is 1.84. The van der Waals surface area contributed by atoms with E-state index in [9.17, 15) is 0 Å². The monoisotopic (exact) mass is 274 g/mol. The number of methoxy groups -OCH3 is 1. The first-order chi connectivity index (χ1) is 9.77. The van der Waals surface area contributed by atoms with Gasteiger partial charge in [-0.25, -0.2) is 0 Å². The molecule has 1 aromatic carbocycles. The first kappa shape index (κ1) is 14.1. The van der Waals surface area contributed by atoms with Crippen LogP contribution in [0.25, 0.3) is 0 Å². The highest BCUT2D eigenvalue weighted by molar-refractivity contribution is 5.36. The van der Waals surface area contributed by atoms with E-state index in [4.69, 9.17) is 10.5 Å². The standard InChI is InChI=1S/C17H26N2O/c1-20-12-14-5-4-8-19(11-14)17(13-18)9-15-6-2-3-7-16(15)10-17/h2-3,6-7,14H,4-5,8-13,18H2,1H3. The van der Waals surface area contributed by atoms with Gasteiger partial charge in [0.1, 0.15) is 0 Å². The average Bonchev–Trinajstić information content (AvgIpc) is 2.88. The highest BCUT2D eigenvalue weighted by Gasteiger charge is 2.42. The summed E-state index contributed by atoms with van der Waals surface area (Å²) in [6, 6.07) is 8.83. The molecule has 2 aliphatic rings. The van der Waals surface area contributed by atoms with Crippen molar-refractivity contribution in [1.29, 1.82) is 0 Å². The molecule has 1 aliphatic heterocycles. The van der Waals surface area contributed by atoms with Crippen LogP contribution in [0, 0.1) is 5.92 Å². The van der Waals surface area contributed by atoms with E-state index >= 15 is 0 Å². The van der Waals surface area contributed by atoms with E-state index in [1.807, 2.05) is 7.11 Å². The van der Waals surface area contributed by atoms with E-state index < -0.39 is 0 Å². The Morgan fingerprint density at radius 3 is 2.60 bits per heavy atom.